The summed E-state index contributed by atoms with van der Waals surface area (Å²) in [7, 11) is -4.00. The molecule has 0 fully saturated rings. The van der Waals surface area contributed by atoms with Crippen LogP contribution in [0.5, 0.6) is 0 Å². The average Bonchev–Trinajstić information content (AvgIpc) is 2.89. The van der Waals surface area contributed by atoms with Crippen molar-refractivity contribution in [3.8, 4) is 11.3 Å². The molecule has 0 radical (unpaired) electrons. The second-order valence-electron chi connectivity index (χ2n) is 8.14. The van der Waals surface area contributed by atoms with E-state index in [1.54, 1.807) is 24.3 Å². The highest BCUT2D eigenvalue weighted by Crippen LogP contribution is 2.30. The molecule has 0 amide bonds. The summed E-state index contributed by atoms with van der Waals surface area (Å²) >= 11 is 0. The summed E-state index contributed by atoms with van der Waals surface area (Å²) in [5.74, 6) is 0.488. The summed E-state index contributed by atoms with van der Waals surface area (Å²) in [6.07, 6.45) is -2.95. The number of pyridine rings is 1. The zero-order valence-corrected chi connectivity index (χ0v) is 20.7. The Morgan fingerprint density at radius 1 is 0.842 bits per heavy atom. The van der Waals surface area contributed by atoms with E-state index >= 15 is 0 Å². The van der Waals surface area contributed by atoms with Gasteiger partial charge in [-0.15, -0.1) is 0 Å². The lowest BCUT2D eigenvalue weighted by Crippen LogP contribution is -2.04. The van der Waals surface area contributed by atoms with Crippen molar-refractivity contribution in [1.82, 2.24) is 15.0 Å². The maximum absolute atomic E-state index is 12.7. The Labute approximate surface area is 216 Å². The maximum Gasteiger partial charge on any atom is 0.416 e. The molecular weight excluding hydrogens is 517 g/mol. The van der Waals surface area contributed by atoms with Crippen molar-refractivity contribution in [3.05, 3.63) is 109 Å². The molecule has 2 N–H and O–H groups in total. The van der Waals surface area contributed by atoms with Crippen molar-refractivity contribution in [2.75, 3.05) is 5.32 Å². The monoisotopic (exact) mass is 538 g/mol. The van der Waals surface area contributed by atoms with Crippen LogP contribution >= 0.6 is 0 Å². The number of nitrogens with zero attached hydrogens (tertiary/aromatic N) is 3. The third-order valence-electron chi connectivity index (χ3n) is 5.32. The van der Waals surface area contributed by atoms with Crippen molar-refractivity contribution < 1.29 is 26.1 Å². The van der Waals surface area contributed by atoms with Crippen LogP contribution in [0.15, 0.2) is 102 Å². The van der Waals surface area contributed by atoms with Gasteiger partial charge in [-0.3, -0.25) is 9.54 Å². The SMILES string of the molecule is Cc1ccc2ccc(-c3cc(Nc4ccc(C(F)(F)F)cc4)ncn3)cc2n1.O=S(=O)(O)c1ccccc1. The lowest BCUT2D eigenvalue weighted by atomic mass is 10.1. The Kier molecular flexibility index (Phi) is 7.70. The van der Waals surface area contributed by atoms with Gasteiger partial charge in [-0.25, -0.2) is 9.97 Å². The Hall–Kier alpha value is -4.35. The molecular formula is C27H21F3N4O3S. The molecule has 3 aromatic carbocycles. The largest absolute Gasteiger partial charge is 0.416 e. The number of benzene rings is 3. The van der Waals surface area contributed by atoms with Gasteiger partial charge in [0.1, 0.15) is 12.1 Å². The first kappa shape index (κ1) is 26.7. The van der Waals surface area contributed by atoms with Crippen LogP contribution in [0, 0.1) is 6.92 Å². The lowest BCUT2D eigenvalue weighted by molar-refractivity contribution is -0.137. The number of halogens is 3. The van der Waals surface area contributed by atoms with Gasteiger partial charge in [-0.2, -0.15) is 21.6 Å². The maximum atomic E-state index is 12.7. The van der Waals surface area contributed by atoms with Gasteiger partial charge < -0.3 is 5.32 Å². The normalized spacial score (nSPS) is 11.5. The van der Waals surface area contributed by atoms with E-state index in [1.165, 1.54) is 30.6 Å². The molecule has 0 aliphatic heterocycles. The number of hydrogen-bond donors (Lipinski definition) is 2. The Morgan fingerprint density at radius 2 is 1.53 bits per heavy atom. The molecule has 5 aromatic rings. The van der Waals surface area contributed by atoms with E-state index in [0.29, 0.717) is 17.2 Å². The summed E-state index contributed by atoms with van der Waals surface area (Å²) in [5, 5.41) is 4.04. The molecule has 0 aliphatic rings. The first-order valence-corrected chi connectivity index (χ1v) is 12.6. The highest BCUT2D eigenvalue weighted by molar-refractivity contribution is 7.85. The van der Waals surface area contributed by atoms with Crippen LogP contribution in [0.4, 0.5) is 24.7 Å². The van der Waals surface area contributed by atoms with Crippen LogP contribution in [0.25, 0.3) is 22.2 Å². The topological polar surface area (TPSA) is 105 Å². The fourth-order valence-electron chi connectivity index (χ4n) is 3.44. The van der Waals surface area contributed by atoms with Gasteiger partial charge >= 0.3 is 6.18 Å². The molecule has 0 saturated heterocycles. The van der Waals surface area contributed by atoms with Gasteiger partial charge in [-0.05, 0) is 55.5 Å². The Bertz CT molecular complexity index is 1660. The fraction of sp³-hybridized carbons (Fsp3) is 0.0741. The zero-order valence-electron chi connectivity index (χ0n) is 19.9. The van der Waals surface area contributed by atoms with Crippen molar-refractivity contribution in [1.29, 1.82) is 0 Å². The molecule has 0 saturated carbocycles. The molecule has 5 rings (SSSR count). The lowest BCUT2D eigenvalue weighted by Gasteiger charge is -2.10. The number of hydrogen-bond acceptors (Lipinski definition) is 6. The van der Waals surface area contributed by atoms with E-state index in [-0.39, 0.29) is 4.90 Å². The predicted molar refractivity (Wildman–Crippen MR) is 138 cm³/mol. The highest BCUT2D eigenvalue weighted by Gasteiger charge is 2.29. The first-order valence-electron chi connectivity index (χ1n) is 11.2. The van der Waals surface area contributed by atoms with Gasteiger partial charge in [0.25, 0.3) is 10.1 Å². The van der Waals surface area contributed by atoms with Crippen molar-refractivity contribution in [2.24, 2.45) is 0 Å². The Balaban J connectivity index is 0.000000283. The average molecular weight is 539 g/mol. The van der Waals surface area contributed by atoms with Gasteiger partial charge in [0.15, 0.2) is 0 Å². The smallest absolute Gasteiger partial charge is 0.340 e. The van der Waals surface area contributed by atoms with E-state index in [9.17, 15) is 21.6 Å². The predicted octanol–water partition coefficient (Wildman–Crippen LogP) is 6.70. The number of anilines is 2. The first-order chi connectivity index (χ1) is 18.0. The molecule has 0 aliphatic carbocycles. The van der Waals surface area contributed by atoms with E-state index in [4.69, 9.17) is 4.55 Å². The second kappa shape index (κ2) is 11.0. The van der Waals surface area contributed by atoms with E-state index < -0.39 is 21.9 Å². The minimum atomic E-state index is -4.36. The van der Waals surface area contributed by atoms with Gasteiger partial charge in [0.05, 0.1) is 21.7 Å². The molecule has 0 unspecified atom stereocenters. The number of rotatable bonds is 4. The molecule has 38 heavy (non-hydrogen) atoms. The zero-order chi connectivity index (χ0) is 27.3. The summed E-state index contributed by atoms with van der Waals surface area (Å²) < 4.78 is 67.3. The highest BCUT2D eigenvalue weighted by atomic mass is 32.2. The summed E-state index contributed by atoms with van der Waals surface area (Å²) in [6.45, 7) is 1.93. The van der Waals surface area contributed by atoms with Crippen LogP contribution in [0.3, 0.4) is 0 Å². The van der Waals surface area contributed by atoms with E-state index in [2.05, 4.69) is 20.3 Å². The summed E-state index contributed by atoms with van der Waals surface area (Å²) in [5.41, 5.74) is 3.18. The van der Waals surface area contributed by atoms with E-state index in [1.807, 2.05) is 37.3 Å². The second-order valence-corrected chi connectivity index (χ2v) is 9.56. The van der Waals surface area contributed by atoms with Crippen molar-refractivity contribution >= 4 is 32.5 Å². The fourth-order valence-corrected chi connectivity index (χ4v) is 3.95. The number of alkyl halides is 3. The van der Waals surface area contributed by atoms with Gasteiger partial charge in [0.2, 0.25) is 0 Å². The third-order valence-corrected chi connectivity index (χ3v) is 6.19. The van der Waals surface area contributed by atoms with Crippen molar-refractivity contribution in [2.45, 2.75) is 18.0 Å². The minimum absolute atomic E-state index is 0.0741. The molecule has 11 heteroatoms. The molecule has 0 atom stereocenters. The quantitative estimate of drug-likeness (QED) is 0.246. The molecule has 0 bridgehead atoms. The van der Waals surface area contributed by atoms with Crippen LogP contribution in [-0.4, -0.2) is 27.9 Å². The van der Waals surface area contributed by atoms with Crippen LogP contribution in [0.2, 0.25) is 0 Å². The molecule has 7 nitrogen and oxygen atoms in total. The molecule has 194 valence electrons. The summed E-state index contributed by atoms with van der Waals surface area (Å²) in [6, 6.07) is 23.8. The number of nitrogens with one attached hydrogen (secondary N) is 1. The third kappa shape index (κ3) is 6.90. The van der Waals surface area contributed by atoms with Gasteiger partial charge in [-0.1, -0.05) is 36.4 Å². The number of aromatic nitrogens is 3. The number of aryl methyl sites for hydroxylation is 1. The Morgan fingerprint density at radius 3 is 2.16 bits per heavy atom. The van der Waals surface area contributed by atoms with Crippen LogP contribution in [-0.2, 0) is 16.3 Å². The summed E-state index contributed by atoms with van der Waals surface area (Å²) in [4.78, 5) is 12.9. The van der Waals surface area contributed by atoms with E-state index in [0.717, 1.165) is 34.3 Å². The van der Waals surface area contributed by atoms with Gasteiger partial charge in [0, 0.05) is 28.4 Å². The standard InChI is InChI=1S/C21H15F3N4.C6H6O3S/c1-13-2-3-14-4-5-15(10-19(14)27-13)18-11-20(26-12-25-18)28-17-8-6-16(7-9-17)21(22,23)24;7-10(8,9)6-4-2-1-3-5-6/h2-12H,1H3,(H,25,26,28);1-5H,(H,7,8,9). The van der Waals surface area contributed by atoms with Crippen LogP contribution in [0.1, 0.15) is 11.3 Å². The molecule has 2 heterocycles. The van der Waals surface area contributed by atoms with Crippen LogP contribution < -0.4 is 5.32 Å². The van der Waals surface area contributed by atoms with Crippen molar-refractivity contribution in [3.63, 3.8) is 0 Å². The number of fused-ring (bicyclic) bond motifs is 1. The molecule has 2 aromatic heterocycles. The minimum Gasteiger partial charge on any atom is -0.340 e. The molecule has 0 spiro atoms.